The Morgan fingerprint density at radius 2 is 2.00 bits per heavy atom. The third kappa shape index (κ3) is 4.91. The molecule has 4 nitrogen and oxygen atoms in total. The Morgan fingerprint density at radius 1 is 1.37 bits per heavy atom. The molecular formula is C14H20ClNO3. The van der Waals surface area contributed by atoms with Gasteiger partial charge in [0.1, 0.15) is 0 Å². The van der Waals surface area contributed by atoms with Crippen molar-refractivity contribution in [2.75, 3.05) is 33.4 Å². The second-order valence-corrected chi connectivity index (χ2v) is 4.74. The van der Waals surface area contributed by atoms with E-state index in [0.29, 0.717) is 30.3 Å². The van der Waals surface area contributed by atoms with Crippen molar-refractivity contribution in [1.29, 1.82) is 0 Å². The van der Waals surface area contributed by atoms with Gasteiger partial charge in [-0.15, -0.1) is 0 Å². The van der Waals surface area contributed by atoms with Crippen LogP contribution in [0.25, 0.3) is 0 Å². The van der Waals surface area contributed by atoms with Gasteiger partial charge in [0.25, 0.3) is 0 Å². The highest BCUT2D eigenvalue weighted by Crippen LogP contribution is 2.13. The van der Waals surface area contributed by atoms with Crippen LogP contribution >= 0.6 is 11.6 Å². The fourth-order valence-electron chi connectivity index (χ4n) is 1.86. The summed E-state index contributed by atoms with van der Waals surface area (Å²) in [7, 11) is 1.61. The summed E-state index contributed by atoms with van der Waals surface area (Å²) in [6.45, 7) is 3.43. The summed E-state index contributed by atoms with van der Waals surface area (Å²) in [4.78, 5) is 14.2. The van der Waals surface area contributed by atoms with Gasteiger partial charge in [-0.2, -0.15) is 0 Å². The fraction of sp³-hybridized carbons (Fsp3) is 0.500. The van der Waals surface area contributed by atoms with Crippen LogP contribution in [0.2, 0.25) is 5.02 Å². The molecule has 0 heterocycles. The summed E-state index contributed by atoms with van der Waals surface area (Å²) < 4.78 is 5.02. The van der Waals surface area contributed by atoms with Crippen molar-refractivity contribution in [2.45, 2.75) is 13.0 Å². The summed E-state index contributed by atoms with van der Waals surface area (Å²) in [5.74, 6) is 0.0150. The summed E-state index contributed by atoms with van der Waals surface area (Å²) in [6, 6.07) is 6.53. The minimum Gasteiger partial charge on any atom is -0.395 e. The van der Waals surface area contributed by atoms with E-state index in [1.165, 1.54) is 0 Å². The number of Topliss-reactive ketones (excluding diaryl/α,β-unsaturated/α-hetero) is 1. The van der Waals surface area contributed by atoms with Crippen molar-refractivity contribution in [3.63, 3.8) is 0 Å². The largest absolute Gasteiger partial charge is 0.395 e. The zero-order chi connectivity index (χ0) is 14.3. The Kier molecular flexibility index (Phi) is 7.02. The monoisotopic (exact) mass is 285 g/mol. The molecule has 0 saturated heterocycles. The van der Waals surface area contributed by atoms with Gasteiger partial charge in [-0.3, -0.25) is 9.69 Å². The quantitative estimate of drug-likeness (QED) is 0.741. The molecule has 1 N–H and O–H groups in total. The molecule has 1 atom stereocenters. The Bertz CT molecular complexity index is 394. The zero-order valence-corrected chi connectivity index (χ0v) is 12.1. The lowest BCUT2D eigenvalue weighted by Gasteiger charge is -2.27. The topological polar surface area (TPSA) is 49.8 Å². The second-order valence-electron chi connectivity index (χ2n) is 4.30. The second kappa shape index (κ2) is 8.27. The molecule has 0 aromatic heterocycles. The highest BCUT2D eigenvalue weighted by molar-refractivity contribution is 6.30. The number of ether oxygens (including phenoxy) is 1. The van der Waals surface area contributed by atoms with Crippen LogP contribution in [0.4, 0.5) is 0 Å². The molecule has 1 aromatic rings. The molecule has 0 aliphatic heterocycles. The molecule has 0 fully saturated rings. The van der Waals surface area contributed by atoms with Crippen molar-refractivity contribution < 1.29 is 14.6 Å². The van der Waals surface area contributed by atoms with Crippen LogP contribution in [-0.2, 0) is 4.74 Å². The van der Waals surface area contributed by atoms with E-state index >= 15 is 0 Å². The molecule has 0 bridgehead atoms. The summed E-state index contributed by atoms with van der Waals surface area (Å²) in [5.41, 5.74) is 0.622. The van der Waals surface area contributed by atoms with E-state index < -0.39 is 0 Å². The van der Waals surface area contributed by atoms with Crippen LogP contribution in [0.5, 0.6) is 0 Å². The Balaban J connectivity index is 2.74. The predicted molar refractivity (Wildman–Crippen MR) is 75.8 cm³/mol. The average Bonchev–Trinajstić information content (AvgIpc) is 2.42. The molecule has 1 aromatic carbocycles. The molecule has 0 radical (unpaired) electrons. The maximum atomic E-state index is 12.3. The number of rotatable bonds is 8. The molecule has 0 aliphatic rings. The third-order valence-corrected chi connectivity index (χ3v) is 3.28. The number of carbonyl (C=O) groups is 1. The van der Waals surface area contributed by atoms with Crippen LogP contribution < -0.4 is 0 Å². The minimum atomic E-state index is -0.302. The minimum absolute atomic E-state index is 0.0150. The van der Waals surface area contributed by atoms with E-state index in [1.807, 2.05) is 11.8 Å². The predicted octanol–water partition coefficient (Wildman–Crippen LogP) is 1.85. The van der Waals surface area contributed by atoms with Crippen molar-refractivity contribution >= 4 is 17.4 Å². The van der Waals surface area contributed by atoms with Crippen LogP contribution in [0.15, 0.2) is 24.3 Å². The van der Waals surface area contributed by atoms with Gasteiger partial charge in [0.15, 0.2) is 5.78 Å². The number of ketones is 1. The number of hydrogen-bond acceptors (Lipinski definition) is 4. The van der Waals surface area contributed by atoms with Gasteiger partial charge < -0.3 is 9.84 Å². The molecule has 0 spiro atoms. The molecule has 0 saturated carbocycles. The van der Waals surface area contributed by atoms with Gasteiger partial charge in [0.05, 0.1) is 19.3 Å². The SMILES string of the molecule is COCCN(CCO)C(C)C(=O)c1ccc(Cl)cc1. The number of nitrogens with zero attached hydrogens (tertiary/aromatic N) is 1. The number of methoxy groups -OCH3 is 1. The number of halogens is 1. The van der Waals surface area contributed by atoms with Crippen molar-refractivity contribution in [2.24, 2.45) is 0 Å². The molecule has 19 heavy (non-hydrogen) atoms. The van der Waals surface area contributed by atoms with E-state index in [2.05, 4.69) is 0 Å². The van der Waals surface area contributed by atoms with Crippen molar-refractivity contribution in [3.8, 4) is 0 Å². The summed E-state index contributed by atoms with van der Waals surface area (Å²) >= 11 is 5.81. The van der Waals surface area contributed by atoms with Gasteiger partial charge in [-0.05, 0) is 31.2 Å². The molecule has 0 aliphatic carbocycles. The van der Waals surface area contributed by atoms with Crippen LogP contribution in [0.1, 0.15) is 17.3 Å². The lowest BCUT2D eigenvalue weighted by atomic mass is 10.0. The third-order valence-electron chi connectivity index (χ3n) is 3.03. The van der Waals surface area contributed by atoms with Crippen molar-refractivity contribution in [1.82, 2.24) is 4.90 Å². The van der Waals surface area contributed by atoms with E-state index in [0.717, 1.165) is 0 Å². The van der Waals surface area contributed by atoms with E-state index in [1.54, 1.807) is 31.4 Å². The fourth-order valence-corrected chi connectivity index (χ4v) is 1.98. The van der Waals surface area contributed by atoms with Crippen LogP contribution in [0.3, 0.4) is 0 Å². The van der Waals surface area contributed by atoms with Crippen molar-refractivity contribution in [3.05, 3.63) is 34.9 Å². The maximum Gasteiger partial charge on any atom is 0.179 e. The molecule has 1 rings (SSSR count). The van der Waals surface area contributed by atoms with Gasteiger partial charge in [-0.1, -0.05) is 11.6 Å². The Morgan fingerprint density at radius 3 is 2.53 bits per heavy atom. The molecule has 1 unspecified atom stereocenters. The molecule has 106 valence electrons. The van der Waals surface area contributed by atoms with E-state index in [4.69, 9.17) is 21.4 Å². The number of carbonyl (C=O) groups excluding carboxylic acids is 1. The normalized spacial score (nSPS) is 12.7. The lowest BCUT2D eigenvalue weighted by molar-refractivity contribution is 0.0730. The van der Waals surface area contributed by atoms with E-state index in [-0.39, 0.29) is 18.4 Å². The highest BCUT2D eigenvalue weighted by Gasteiger charge is 2.21. The van der Waals surface area contributed by atoms with Gasteiger partial charge >= 0.3 is 0 Å². The lowest BCUT2D eigenvalue weighted by Crippen LogP contribution is -2.42. The first kappa shape index (κ1) is 16.1. The molecule has 0 amide bonds. The van der Waals surface area contributed by atoms with Gasteiger partial charge in [-0.25, -0.2) is 0 Å². The van der Waals surface area contributed by atoms with Crippen LogP contribution in [0, 0.1) is 0 Å². The maximum absolute atomic E-state index is 12.3. The smallest absolute Gasteiger partial charge is 0.179 e. The number of aliphatic hydroxyl groups excluding tert-OH is 1. The zero-order valence-electron chi connectivity index (χ0n) is 11.3. The average molecular weight is 286 g/mol. The van der Waals surface area contributed by atoms with Gasteiger partial charge in [0, 0.05) is 30.8 Å². The number of benzene rings is 1. The molecule has 5 heteroatoms. The highest BCUT2D eigenvalue weighted by atomic mass is 35.5. The Labute approximate surface area is 118 Å². The first-order valence-corrected chi connectivity index (χ1v) is 6.61. The number of hydrogen-bond donors (Lipinski definition) is 1. The standard InChI is InChI=1S/C14H20ClNO3/c1-11(16(7-9-17)8-10-19-2)14(18)12-3-5-13(15)6-4-12/h3-6,11,17H,7-10H2,1-2H3. The number of aliphatic hydroxyl groups is 1. The molecular weight excluding hydrogens is 266 g/mol. The van der Waals surface area contributed by atoms with E-state index in [9.17, 15) is 4.79 Å². The Hall–Kier alpha value is -0.940. The first-order chi connectivity index (χ1) is 9.10. The van der Waals surface area contributed by atoms with Gasteiger partial charge in [0.2, 0.25) is 0 Å². The summed E-state index contributed by atoms with van der Waals surface area (Å²) in [5, 5.41) is 9.67. The first-order valence-electron chi connectivity index (χ1n) is 6.23. The van der Waals surface area contributed by atoms with Crippen LogP contribution in [-0.4, -0.2) is 55.2 Å². The summed E-state index contributed by atoms with van der Waals surface area (Å²) in [6.07, 6.45) is 0.